The Morgan fingerprint density at radius 1 is 0.923 bits per heavy atom. The van der Waals surface area contributed by atoms with E-state index in [9.17, 15) is 0 Å². The van der Waals surface area contributed by atoms with Gasteiger partial charge in [0, 0.05) is 62.1 Å². The van der Waals surface area contributed by atoms with Crippen LogP contribution < -0.4 is 4.90 Å². The van der Waals surface area contributed by atoms with Crippen molar-refractivity contribution >= 4 is 17.3 Å². The summed E-state index contributed by atoms with van der Waals surface area (Å²) in [7, 11) is 0. The predicted octanol–water partition coefficient (Wildman–Crippen LogP) is 2.08. The SMILES string of the molecule is c1csc(CN2CCCN(Cc3cnc(N4CCOCC4)nc3)CC2)c1. The number of morpholine rings is 1. The van der Waals surface area contributed by atoms with E-state index in [-0.39, 0.29) is 0 Å². The number of hydrogen-bond donors (Lipinski definition) is 0. The Hall–Kier alpha value is -1.54. The van der Waals surface area contributed by atoms with Crippen molar-refractivity contribution in [2.75, 3.05) is 57.4 Å². The van der Waals surface area contributed by atoms with Gasteiger partial charge >= 0.3 is 0 Å². The molecule has 2 aromatic heterocycles. The minimum absolute atomic E-state index is 0.765. The standard InChI is InChI=1S/C19H27N5OS/c1-3-18(26-12-1)16-23-5-2-4-22(6-7-23)15-17-13-20-19(21-14-17)24-8-10-25-11-9-24/h1,3,12-14H,2,4-11,15-16H2. The van der Waals surface area contributed by atoms with Crippen LogP contribution in [-0.2, 0) is 17.8 Å². The second-order valence-electron chi connectivity index (χ2n) is 6.98. The summed E-state index contributed by atoms with van der Waals surface area (Å²) in [6.07, 6.45) is 5.20. The summed E-state index contributed by atoms with van der Waals surface area (Å²) >= 11 is 1.86. The summed E-state index contributed by atoms with van der Waals surface area (Å²) in [5.74, 6) is 0.829. The molecule has 4 rings (SSSR count). The van der Waals surface area contributed by atoms with Crippen molar-refractivity contribution in [3.8, 4) is 0 Å². The number of anilines is 1. The van der Waals surface area contributed by atoms with Crippen LogP contribution >= 0.6 is 11.3 Å². The van der Waals surface area contributed by atoms with Gasteiger partial charge in [-0.3, -0.25) is 9.80 Å². The van der Waals surface area contributed by atoms with Crippen LogP contribution in [0.3, 0.4) is 0 Å². The predicted molar refractivity (Wildman–Crippen MR) is 105 cm³/mol. The first-order valence-electron chi connectivity index (χ1n) is 9.47. The average Bonchev–Trinajstić information content (AvgIpc) is 3.10. The van der Waals surface area contributed by atoms with E-state index in [1.807, 2.05) is 23.7 Å². The molecule has 7 heteroatoms. The minimum atomic E-state index is 0.765. The topological polar surface area (TPSA) is 44.7 Å². The molecule has 0 radical (unpaired) electrons. The van der Waals surface area contributed by atoms with Gasteiger partial charge in [0.25, 0.3) is 0 Å². The highest BCUT2D eigenvalue weighted by Crippen LogP contribution is 2.15. The van der Waals surface area contributed by atoms with Crippen LogP contribution in [0.2, 0.25) is 0 Å². The van der Waals surface area contributed by atoms with Gasteiger partial charge in [-0.2, -0.15) is 0 Å². The van der Waals surface area contributed by atoms with Crippen molar-refractivity contribution < 1.29 is 4.74 Å². The summed E-state index contributed by atoms with van der Waals surface area (Å²) in [6.45, 7) is 9.88. The highest BCUT2D eigenvalue weighted by molar-refractivity contribution is 7.09. The van der Waals surface area contributed by atoms with Gasteiger partial charge in [0.05, 0.1) is 13.2 Å². The Labute approximate surface area is 159 Å². The molecule has 2 aromatic rings. The molecule has 0 saturated carbocycles. The first-order chi connectivity index (χ1) is 12.9. The normalized spacial score (nSPS) is 20.2. The molecule has 6 nitrogen and oxygen atoms in total. The second kappa shape index (κ2) is 8.90. The van der Waals surface area contributed by atoms with Crippen molar-refractivity contribution in [2.45, 2.75) is 19.5 Å². The molecule has 2 saturated heterocycles. The first kappa shape index (κ1) is 17.9. The lowest BCUT2D eigenvalue weighted by Crippen LogP contribution is -2.37. The molecular weight excluding hydrogens is 346 g/mol. The lowest BCUT2D eigenvalue weighted by atomic mass is 10.3. The van der Waals surface area contributed by atoms with E-state index >= 15 is 0 Å². The minimum Gasteiger partial charge on any atom is -0.378 e. The van der Waals surface area contributed by atoms with Gasteiger partial charge in [0.15, 0.2) is 0 Å². The quantitative estimate of drug-likeness (QED) is 0.800. The van der Waals surface area contributed by atoms with Crippen LogP contribution in [0, 0.1) is 0 Å². The number of ether oxygens (including phenoxy) is 1. The van der Waals surface area contributed by atoms with E-state index in [0.29, 0.717) is 0 Å². The number of nitrogens with zero attached hydrogens (tertiary/aromatic N) is 5. The molecule has 2 aliphatic rings. The molecular formula is C19H27N5OS. The molecule has 0 aromatic carbocycles. The fraction of sp³-hybridized carbons (Fsp3) is 0.579. The molecule has 0 N–H and O–H groups in total. The Morgan fingerprint density at radius 2 is 1.65 bits per heavy atom. The molecule has 0 atom stereocenters. The summed E-state index contributed by atoms with van der Waals surface area (Å²) in [6, 6.07) is 4.38. The third-order valence-corrected chi connectivity index (χ3v) is 5.89. The van der Waals surface area contributed by atoms with Crippen LogP contribution in [0.1, 0.15) is 16.9 Å². The Morgan fingerprint density at radius 3 is 2.35 bits per heavy atom. The van der Waals surface area contributed by atoms with Crippen molar-refractivity contribution in [1.82, 2.24) is 19.8 Å². The van der Waals surface area contributed by atoms with E-state index in [4.69, 9.17) is 4.74 Å². The summed E-state index contributed by atoms with van der Waals surface area (Å²) in [5, 5.41) is 2.17. The monoisotopic (exact) mass is 373 g/mol. The largest absolute Gasteiger partial charge is 0.378 e. The molecule has 2 aliphatic heterocycles. The average molecular weight is 374 g/mol. The first-order valence-corrected chi connectivity index (χ1v) is 10.4. The Bertz CT molecular complexity index is 657. The highest BCUT2D eigenvalue weighted by atomic mass is 32.1. The third-order valence-electron chi connectivity index (χ3n) is 5.03. The van der Waals surface area contributed by atoms with E-state index in [1.54, 1.807) is 0 Å². The van der Waals surface area contributed by atoms with Crippen LogP contribution in [0.25, 0.3) is 0 Å². The zero-order chi connectivity index (χ0) is 17.6. The van der Waals surface area contributed by atoms with Gasteiger partial charge in [-0.1, -0.05) is 6.07 Å². The van der Waals surface area contributed by atoms with Gasteiger partial charge in [-0.05, 0) is 31.0 Å². The van der Waals surface area contributed by atoms with Crippen molar-refractivity contribution in [2.24, 2.45) is 0 Å². The molecule has 0 bridgehead atoms. The third kappa shape index (κ3) is 4.79. The molecule has 140 valence electrons. The van der Waals surface area contributed by atoms with Crippen molar-refractivity contribution in [1.29, 1.82) is 0 Å². The zero-order valence-electron chi connectivity index (χ0n) is 15.2. The van der Waals surface area contributed by atoms with Gasteiger partial charge < -0.3 is 9.64 Å². The lowest BCUT2D eigenvalue weighted by Gasteiger charge is -2.27. The molecule has 26 heavy (non-hydrogen) atoms. The van der Waals surface area contributed by atoms with Crippen LogP contribution in [0.4, 0.5) is 5.95 Å². The number of thiophene rings is 1. The molecule has 0 unspecified atom stereocenters. The van der Waals surface area contributed by atoms with Gasteiger partial charge in [-0.15, -0.1) is 11.3 Å². The summed E-state index contributed by atoms with van der Waals surface area (Å²) < 4.78 is 5.39. The zero-order valence-corrected chi connectivity index (χ0v) is 16.0. The van der Waals surface area contributed by atoms with E-state index in [0.717, 1.165) is 65.0 Å². The maximum atomic E-state index is 5.39. The Balaban J connectivity index is 1.28. The highest BCUT2D eigenvalue weighted by Gasteiger charge is 2.17. The lowest BCUT2D eigenvalue weighted by molar-refractivity contribution is 0.122. The molecule has 0 aliphatic carbocycles. The van der Waals surface area contributed by atoms with Crippen LogP contribution in [0.15, 0.2) is 29.9 Å². The van der Waals surface area contributed by atoms with E-state index in [2.05, 4.69) is 42.2 Å². The molecule has 0 spiro atoms. The maximum absolute atomic E-state index is 5.39. The van der Waals surface area contributed by atoms with E-state index < -0.39 is 0 Å². The molecule has 0 amide bonds. The molecule has 2 fully saturated rings. The molecule has 4 heterocycles. The number of rotatable bonds is 5. The van der Waals surface area contributed by atoms with Crippen molar-refractivity contribution in [3.63, 3.8) is 0 Å². The maximum Gasteiger partial charge on any atom is 0.225 e. The summed E-state index contributed by atoms with van der Waals surface area (Å²) in [4.78, 5) is 17.9. The second-order valence-corrected chi connectivity index (χ2v) is 8.01. The van der Waals surface area contributed by atoms with Crippen LogP contribution in [-0.4, -0.2) is 72.3 Å². The van der Waals surface area contributed by atoms with Gasteiger partial charge in [0.1, 0.15) is 0 Å². The Kier molecular flexibility index (Phi) is 6.11. The summed E-state index contributed by atoms with van der Waals surface area (Å²) in [5.41, 5.74) is 1.20. The van der Waals surface area contributed by atoms with Gasteiger partial charge in [0.2, 0.25) is 5.95 Å². The van der Waals surface area contributed by atoms with Crippen LogP contribution in [0.5, 0.6) is 0 Å². The van der Waals surface area contributed by atoms with E-state index in [1.165, 1.54) is 23.4 Å². The number of aromatic nitrogens is 2. The number of hydrogen-bond acceptors (Lipinski definition) is 7. The fourth-order valence-corrected chi connectivity index (χ4v) is 4.32. The smallest absolute Gasteiger partial charge is 0.225 e. The van der Waals surface area contributed by atoms with Gasteiger partial charge in [-0.25, -0.2) is 9.97 Å². The fourth-order valence-electron chi connectivity index (χ4n) is 3.58. The van der Waals surface area contributed by atoms with Crippen molar-refractivity contribution in [3.05, 3.63) is 40.3 Å².